The van der Waals surface area contributed by atoms with Gasteiger partial charge in [-0.25, -0.2) is 4.68 Å². The van der Waals surface area contributed by atoms with E-state index in [0.717, 1.165) is 12.1 Å². The molecule has 2 aromatic heterocycles. The summed E-state index contributed by atoms with van der Waals surface area (Å²) in [6, 6.07) is 2.35. The highest BCUT2D eigenvalue weighted by Gasteiger charge is 2.10. The number of thiophene rings is 1. The minimum atomic E-state index is -0.136. The summed E-state index contributed by atoms with van der Waals surface area (Å²) in [6.07, 6.45) is 2.58. The molecule has 0 bridgehead atoms. The normalized spacial score (nSPS) is 12.4. The van der Waals surface area contributed by atoms with Crippen LogP contribution in [0.3, 0.4) is 0 Å². The highest BCUT2D eigenvalue weighted by atomic mass is 79.9. The summed E-state index contributed by atoms with van der Waals surface area (Å²) in [4.78, 5) is 11.7. The van der Waals surface area contributed by atoms with Crippen molar-refractivity contribution in [3.8, 4) is 0 Å². The van der Waals surface area contributed by atoms with Gasteiger partial charge >= 0.3 is 0 Å². The van der Waals surface area contributed by atoms with E-state index in [-0.39, 0.29) is 11.6 Å². The lowest BCUT2D eigenvalue weighted by molar-refractivity contribution is 0.699. The van der Waals surface area contributed by atoms with Crippen LogP contribution in [0.5, 0.6) is 0 Å². The van der Waals surface area contributed by atoms with Crippen LogP contribution in [-0.2, 0) is 13.5 Å². The van der Waals surface area contributed by atoms with Crippen molar-refractivity contribution in [3.05, 3.63) is 43.4 Å². The summed E-state index contributed by atoms with van der Waals surface area (Å²) in [5.41, 5.74) is 1.90. The van der Waals surface area contributed by atoms with E-state index in [1.165, 1.54) is 10.2 Å². The van der Waals surface area contributed by atoms with E-state index in [1.807, 2.05) is 0 Å². The van der Waals surface area contributed by atoms with Crippen LogP contribution in [0, 0.1) is 0 Å². The second kappa shape index (κ2) is 5.67. The zero-order valence-electron chi connectivity index (χ0n) is 10.2. The molecule has 1 unspecified atom stereocenters. The fourth-order valence-corrected chi connectivity index (χ4v) is 2.85. The molecule has 0 aromatic carbocycles. The van der Waals surface area contributed by atoms with Gasteiger partial charge in [0.2, 0.25) is 0 Å². The Kier molecular flexibility index (Phi) is 4.19. The molecule has 0 aliphatic carbocycles. The largest absolute Gasteiger partial charge is 0.380 e. The molecule has 1 N–H and O–H groups in total. The number of halogens is 1. The van der Waals surface area contributed by atoms with Crippen molar-refractivity contribution in [2.24, 2.45) is 7.05 Å². The smallest absolute Gasteiger partial charge is 0.282 e. The predicted molar refractivity (Wildman–Crippen MR) is 78.3 cm³/mol. The molecular formula is C12H14BrN3OS. The van der Waals surface area contributed by atoms with Crippen molar-refractivity contribution >= 4 is 33.0 Å². The van der Waals surface area contributed by atoms with E-state index >= 15 is 0 Å². The Hall–Kier alpha value is -1.14. The molecule has 96 valence electrons. The minimum absolute atomic E-state index is 0.136. The molecule has 6 heteroatoms. The van der Waals surface area contributed by atoms with Gasteiger partial charge in [0.1, 0.15) is 4.47 Å². The van der Waals surface area contributed by atoms with Crippen molar-refractivity contribution in [1.82, 2.24) is 9.78 Å². The summed E-state index contributed by atoms with van der Waals surface area (Å²) < 4.78 is 1.83. The third kappa shape index (κ3) is 3.00. The molecule has 0 saturated heterocycles. The summed E-state index contributed by atoms with van der Waals surface area (Å²) in [5, 5.41) is 11.5. The Morgan fingerprint density at radius 2 is 2.39 bits per heavy atom. The molecule has 0 aliphatic rings. The van der Waals surface area contributed by atoms with E-state index in [0.29, 0.717) is 4.47 Å². The molecule has 4 nitrogen and oxygen atoms in total. The number of nitrogens with one attached hydrogen (secondary N) is 1. The molecule has 0 aliphatic heterocycles. The molecule has 0 fully saturated rings. The molecular weight excluding hydrogens is 314 g/mol. The van der Waals surface area contributed by atoms with Gasteiger partial charge in [0, 0.05) is 13.1 Å². The first-order valence-corrected chi connectivity index (χ1v) is 7.31. The van der Waals surface area contributed by atoms with Crippen LogP contribution in [0.2, 0.25) is 0 Å². The number of hydrogen-bond donors (Lipinski definition) is 1. The SMILES string of the molecule is CC(Cc1ccsc1)Nc1cnn(C)c(=O)c1Br. The Balaban J connectivity index is 2.10. The topological polar surface area (TPSA) is 46.9 Å². The van der Waals surface area contributed by atoms with Crippen LogP contribution in [0.25, 0.3) is 0 Å². The van der Waals surface area contributed by atoms with Crippen LogP contribution in [0.1, 0.15) is 12.5 Å². The van der Waals surface area contributed by atoms with Gasteiger partial charge in [0.25, 0.3) is 5.56 Å². The molecule has 2 heterocycles. The summed E-state index contributed by atoms with van der Waals surface area (Å²) in [7, 11) is 1.63. The minimum Gasteiger partial charge on any atom is -0.380 e. The van der Waals surface area contributed by atoms with Gasteiger partial charge in [-0.05, 0) is 51.7 Å². The number of rotatable bonds is 4. The van der Waals surface area contributed by atoms with E-state index in [1.54, 1.807) is 24.6 Å². The molecule has 0 radical (unpaired) electrons. The number of nitrogens with zero attached hydrogens (tertiary/aromatic N) is 2. The van der Waals surface area contributed by atoms with Gasteiger partial charge in [-0.2, -0.15) is 16.4 Å². The highest BCUT2D eigenvalue weighted by Crippen LogP contribution is 2.18. The van der Waals surface area contributed by atoms with Gasteiger partial charge in [-0.3, -0.25) is 4.79 Å². The maximum atomic E-state index is 11.7. The Morgan fingerprint density at radius 3 is 3.06 bits per heavy atom. The van der Waals surface area contributed by atoms with Crippen molar-refractivity contribution in [1.29, 1.82) is 0 Å². The van der Waals surface area contributed by atoms with Crippen LogP contribution in [0.15, 0.2) is 32.3 Å². The van der Waals surface area contributed by atoms with Crippen LogP contribution < -0.4 is 10.9 Å². The third-order valence-corrected chi connectivity index (χ3v) is 4.10. The lowest BCUT2D eigenvalue weighted by Crippen LogP contribution is -2.24. The second-order valence-electron chi connectivity index (χ2n) is 4.18. The molecule has 0 saturated carbocycles. The van der Waals surface area contributed by atoms with E-state index in [4.69, 9.17) is 0 Å². The van der Waals surface area contributed by atoms with Gasteiger partial charge in [0.15, 0.2) is 0 Å². The predicted octanol–water partition coefficient (Wildman–Crippen LogP) is 2.65. The van der Waals surface area contributed by atoms with Crippen LogP contribution in [0.4, 0.5) is 5.69 Å². The molecule has 0 amide bonds. The molecule has 1 atom stereocenters. The average Bonchev–Trinajstić information content (AvgIpc) is 2.83. The number of hydrogen-bond acceptors (Lipinski definition) is 4. The average molecular weight is 328 g/mol. The quantitative estimate of drug-likeness (QED) is 0.939. The van der Waals surface area contributed by atoms with Crippen LogP contribution >= 0.6 is 27.3 Å². The molecule has 2 aromatic rings. The number of aryl methyl sites for hydroxylation is 1. The second-order valence-corrected chi connectivity index (χ2v) is 5.76. The van der Waals surface area contributed by atoms with Gasteiger partial charge in [0.05, 0.1) is 11.9 Å². The molecule has 0 spiro atoms. The lowest BCUT2D eigenvalue weighted by Gasteiger charge is -2.15. The Labute approximate surface area is 118 Å². The van der Waals surface area contributed by atoms with Crippen molar-refractivity contribution in [3.63, 3.8) is 0 Å². The monoisotopic (exact) mass is 327 g/mol. The summed E-state index contributed by atoms with van der Waals surface area (Å²) >= 11 is 5.00. The molecule has 2 rings (SSSR count). The van der Waals surface area contributed by atoms with Gasteiger partial charge in [-0.1, -0.05) is 0 Å². The standard InChI is InChI=1S/C12H14BrN3OS/c1-8(5-9-3-4-18-7-9)15-10-6-14-16(2)12(17)11(10)13/h3-4,6-8,15H,5H2,1-2H3. The lowest BCUT2D eigenvalue weighted by atomic mass is 10.1. The summed E-state index contributed by atoms with van der Waals surface area (Å²) in [6.45, 7) is 2.08. The first-order chi connectivity index (χ1) is 8.58. The van der Waals surface area contributed by atoms with Crippen LogP contribution in [-0.4, -0.2) is 15.8 Å². The molecule has 18 heavy (non-hydrogen) atoms. The number of anilines is 1. The van der Waals surface area contributed by atoms with E-state index in [9.17, 15) is 4.79 Å². The van der Waals surface area contributed by atoms with Crippen molar-refractivity contribution in [2.75, 3.05) is 5.32 Å². The van der Waals surface area contributed by atoms with Crippen molar-refractivity contribution in [2.45, 2.75) is 19.4 Å². The zero-order valence-corrected chi connectivity index (χ0v) is 12.6. The Morgan fingerprint density at radius 1 is 1.61 bits per heavy atom. The highest BCUT2D eigenvalue weighted by molar-refractivity contribution is 9.10. The first-order valence-electron chi connectivity index (χ1n) is 5.57. The van der Waals surface area contributed by atoms with E-state index < -0.39 is 0 Å². The van der Waals surface area contributed by atoms with Gasteiger partial charge < -0.3 is 5.32 Å². The van der Waals surface area contributed by atoms with Crippen molar-refractivity contribution < 1.29 is 0 Å². The maximum Gasteiger partial charge on any atom is 0.282 e. The Bertz CT molecular complexity index is 580. The zero-order chi connectivity index (χ0) is 13.1. The fraction of sp³-hybridized carbons (Fsp3) is 0.333. The van der Waals surface area contributed by atoms with Gasteiger partial charge in [-0.15, -0.1) is 0 Å². The third-order valence-electron chi connectivity index (χ3n) is 2.60. The maximum absolute atomic E-state index is 11.7. The summed E-state index contributed by atoms with van der Waals surface area (Å²) in [5.74, 6) is 0. The fourth-order valence-electron chi connectivity index (χ4n) is 1.69. The number of aromatic nitrogens is 2. The van der Waals surface area contributed by atoms with E-state index in [2.05, 4.69) is 50.1 Å². The first kappa shape index (κ1) is 13.3.